The van der Waals surface area contributed by atoms with Crippen LogP contribution >= 0.6 is 11.3 Å². The van der Waals surface area contributed by atoms with E-state index < -0.39 is 11.9 Å². The zero-order valence-corrected chi connectivity index (χ0v) is 11.5. The van der Waals surface area contributed by atoms with Crippen molar-refractivity contribution in [1.29, 1.82) is 0 Å². The fourth-order valence-electron chi connectivity index (χ4n) is 1.80. The minimum Gasteiger partial charge on any atom is -0.368 e. The number of thiophene rings is 1. The number of rotatable bonds is 4. The molecule has 0 unspecified atom stereocenters. The topological polar surface area (TPSA) is 80.9 Å². The van der Waals surface area contributed by atoms with Crippen LogP contribution in [0.25, 0.3) is 10.2 Å². The molecule has 0 fully saturated rings. The summed E-state index contributed by atoms with van der Waals surface area (Å²) in [5.74, 6) is 3.20. The van der Waals surface area contributed by atoms with Crippen LogP contribution in [0.3, 0.4) is 0 Å². The van der Waals surface area contributed by atoms with Gasteiger partial charge in [0, 0.05) is 6.42 Å². The second-order valence-electron chi connectivity index (χ2n) is 4.23. The van der Waals surface area contributed by atoms with E-state index in [1.807, 2.05) is 12.3 Å². The zero-order chi connectivity index (χ0) is 14.0. The summed E-state index contributed by atoms with van der Waals surface area (Å²) in [4.78, 5) is 21.0. The van der Waals surface area contributed by atoms with Gasteiger partial charge in [-0.1, -0.05) is 0 Å². The van der Waals surface area contributed by atoms with Crippen molar-refractivity contribution in [3.63, 3.8) is 0 Å². The van der Waals surface area contributed by atoms with Gasteiger partial charge in [-0.15, -0.1) is 23.7 Å². The molecule has 0 aliphatic heterocycles. The number of primary amides is 1. The SMILES string of the molecule is C#CC[C@@H](Nc1nc(C)nc2scc(C)c12)C(N)=O. The Labute approximate surface area is 115 Å². The first-order valence-corrected chi connectivity index (χ1v) is 6.62. The highest BCUT2D eigenvalue weighted by Crippen LogP contribution is 2.29. The summed E-state index contributed by atoms with van der Waals surface area (Å²) in [7, 11) is 0. The van der Waals surface area contributed by atoms with Gasteiger partial charge in [0.25, 0.3) is 0 Å². The van der Waals surface area contributed by atoms with Crippen molar-refractivity contribution in [2.75, 3.05) is 5.32 Å². The van der Waals surface area contributed by atoms with Gasteiger partial charge in [0.05, 0.1) is 5.39 Å². The average Bonchev–Trinajstić information content (AvgIpc) is 2.70. The number of terminal acetylenes is 1. The van der Waals surface area contributed by atoms with E-state index in [1.165, 1.54) is 0 Å². The number of fused-ring (bicyclic) bond motifs is 1. The third kappa shape index (κ3) is 2.66. The monoisotopic (exact) mass is 274 g/mol. The number of nitrogens with zero attached hydrogens (tertiary/aromatic N) is 2. The van der Waals surface area contributed by atoms with Crippen molar-refractivity contribution in [2.24, 2.45) is 5.73 Å². The first-order valence-electron chi connectivity index (χ1n) is 5.74. The Morgan fingerprint density at radius 3 is 2.95 bits per heavy atom. The molecule has 0 aliphatic rings. The van der Waals surface area contributed by atoms with Crippen molar-refractivity contribution in [2.45, 2.75) is 26.3 Å². The number of nitrogens with two attached hydrogens (primary N) is 1. The Bertz CT molecular complexity index is 671. The molecule has 1 atom stereocenters. The van der Waals surface area contributed by atoms with Gasteiger partial charge in [0.1, 0.15) is 22.5 Å². The van der Waals surface area contributed by atoms with Crippen LogP contribution in [0.5, 0.6) is 0 Å². The van der Waals surface area contributed by atoms with Crippen LogP contribution in [0.1, 0.15) is 17.8 Å². The molecule has 6 heteroatoms. The fraction of sp³-hybridized carbons (Fsp3) is 0.308. The number of aryl methyl sites for hydroxylation is 2. The van der Waals surface area contributed by atoms with Crippen molar-refractivity contribution in [3.8, 4) is 12.3 Å². The Kier molecular flexibility index (Phi) is 3.67. The number of hydrogen-bond donors (Lipinski definition) is 2. The normalized spacial score (nSPS) is 12.1. The van der Waals surface area contributed by atoms with Crippen LogP contribution in [0, 0.1) is 26.2 Å². The number of hydrogen-bond acceptors (Lipinski definition) is 5. The molecule has 0 bridgehead atoms. The Hall–Kier alpha value is -2.13. The summed E-state index contributed by atoms with van der Waals surface area (Å²) in [6.07, 6.45) is 5.47. The van der Waals surface area contributed by atoms with E-state index in [0.29, 0.717) is 11.6 Å². The second kappa shape index (κ2) is 5.24. The lowest BCUT2D eigenvalue weighted by Crippen LogP contribution is -2.35. The number of carbonyl (C=O) groups is 1. The van der Waals surface area contributed by atoms with Crippen molar-refractivity contribution in [3.05, 3.63) is 16.8 Å². The molecule has 1 amide bonds. The van der Waals surface area contributed by atoms with Crippen LogP contribution < -0.4 is 11.1 Å². The largest absolute Gasteiger partial charge is 0.368 e. The molecule has 2 aromatic heterocycles. The predicted molar refractivity (Wildman–Crippen MR) is 76.9 cm³/mol. The quantitative estimate of drug-likeness (QED) is 0.830. The van der Waals surface area contributed by atoms with Gasteiger partial charge in [0.15, 0.2) is 0 Å². The van der Waals surface area contributed by atoms with E-state index in [2.05, 4.69) is 21.2 Å². The van der Waals surface area contributed by atoms with Gasteiger partial charge in [-0.05, 0) is 24.8 Å². The van der Waals surface area contributed by atoms with Crippen molar-refractivity contribution >= 4 is 33.3 Å². The minimum absolute atomic E-state index is 0.225. The number of carbonyl (C=O) groups excluding carboxylic acids is 1. The molecule has 0 radical (unpaired) electrons. The van der Waals surface area contributed by atoms with Crippen molar-refractivity contribution < 1.29 is 4.79 Å². The van der Waals surface area contributed by atoms with E-state index in [1.54, 1.807) is 18.3 Å². The van der Waals surface area contributed by atoms with Crippen LogP contribution in [0.4, 0.5) is 5.82 Å². The molecule has 0 saturated carbocycles. The van der Waals surface area contributed by atoms with Gasteiger partial charge in [-0.2, -0.15) is 0 Å². The standard InChI is InChI=1S/C13H14N4OS/c1-4-5-9(11(14)18)17-12-10-7(2)6-19-13(10)16-8(3)15-12/h1,6,9H,5H2,2-3H3,(H2,14,18)(H,15,16,17)/t9-/m1/s1. The van der Waals surface area contributed by atoms with E-state index in [4.69, 9.17) is 12.2 Å². The molecule has 2 aromatic rings. The van der Waals surface area contributed by atoms with E-state index in [9.17, 15) is 4.79 Å². The lowest BCUT2D eigenvalue weighted by molar-refractivity contribution is -0.118. The fourth-order valence-corrected chi connectivity index (χ4v) is 2.77. The molecule has 19 heavy (non-hydrogen) atoms. The van der Waals surface area contributed by atoms with Gasteiger partial charge in [0.2, 0.25) is 5.91 Å². The van der Waals surface area contributed by atoms with Crippen LogP contribution in [0.2, 0.25) is 0 Å². The lowest BCUT2D eigenvalue weighted by atomic mass is 10.2. The maximum absolute atomic E-state index is 11.4. The number of anilines is 1. The zero-order valence-electron chi connectivity index (χ0n) is 10.7. The van der Waals surface area contributed by atoms with Crippen LogP contribution in [-0.4, -0.2) is 21.9 Å². The maximum Gasteiger partial charge on any atom is 0.240 e. The molecule has 5 nitrogen and oxygen atoms in total. The molecule has 3 N–H and O–H groups in total. The second-order valence-corrected chi connectivity index (χ2v) is 5.08. The summed E-state index contributed by atoms with van der Waals surface area (Å²) in [5, 5.41) is 5.95. The van der Waals surface area contributed by atoms with Crippen LogP contribution in [-0.2, 0) is 4.79 Å². The maximum atomic E-state index is 11.4. The molecule has 0 saturated heterocycles. The van der Waals surface area contributed by atoms with E-state index >= 15 is 0 Å². The lowest BCUT2D eigenvalue weighted by Gasteiger charge is -2.14. The number of aromatic nitrogens is 2. The predicted octanol–water partition coefficient (Wildman–Crippen LogP) is 1.60. The highest BCUT2D eigenvalue weighted by Gasteiger charge is 2.18. The molecule has 0 spiro atoms. The van der Waals surface area contributed by atoms with Gasteiger partial charge in [-0.3, -0.25) is 4.79 Å². The molecule has 98 valence electrons. The minimum atomic E-state index is -0.623. The third-order valence-corrected chi connectivity index (χ3v) is 3.70. The highest BCUT2D eigenvalue weighted by atomic mass is 32.1. The Balaban J connectivity index is 2.46. The van der Waals surface area contributed by atoms with Gasteiger partial charge < -0.3 is 11.1 Å². The van der Waals surface area contributed by atoms with Crippen LogP contribution in [0.15, 0.2) is 5.38 Å². The highest BCUT2D eigenvalue weighted by molar-refractivity contribution is 7.17. The molecule has 0 aliphatic carbocycles. The first kappa shape index (κ1) is 13.3. The number of amides is 1. The van der Waals surface area contributed by atoms with Gasteiger partial charge >= 0.3 is 0 Å². The number of nitrogens with one attached hydrogen (secondary N) is 1. The molecular weight excluding hydrogens is 260 g/mol. The summed E-state index contributed by atoms with van der Waals surface area (Å²) < 4.78 is 0. The van der Waals surface area contributed by atoms with Crippen molar-refractivity contribution in [1.82, 2.24) is 9.97 Å². The molecule has 2 heterocycles. The molecule has 2 rings (SSSR count). The molecular formula is C13H14N4OS. The Morgan fingerprint density at radius 2 is 2.32 bits per heavy atom. The molecule has 0 aromatic carbocycles. The van der Waals surface area contributed by atoms with E-state index in [-0.39, 0.29) is 6.42 Å². The van der Waals surface area contributed by atoms with Gasteiger partial charge in [-0.25, -0.2) is 9.97 Å². The third-order valence-electron chi connectivity index (χ3n) is 2.71. The van der Waals surface area contributed by atoms with E-state index in [0.717, 1.165) is 15.8 Å². The summed E-state index contributed by atoms with van der Waals surface area (Å²) in [5.41, 5.74) is 6.39. The average molecular weight is 274 g/mol. The summed E-state index contributed by atoms with van der Waals surface area (Å²) >= 11 is 1.54. The smallest absolute Gasteiger partial charge is 0.240 e. The Morgan fingerprint density at radius 1 is 1.58 bits per heavy atom. The summed E-state index contributed by atoms with van der Waals surface area (Å²) in [6, 6.07) is -0.623. The first-order chi connectivity index (χ1) is 9.02. The summed E-state index contributed by atoms with van der Waals surface area (Å²) in [6.45, 7) is 3.78.